The summed E-state index contributed by atoms with van der Waals surface area (Å²) in [7, 11) is 0. The predicted molar refractivity (Wildman–Crippen MR) is 67.0 cm³/mol. The Bertz CT molecular complexity index is 387. The van der Waals surface area contributed by atoms with Crippen LogP contribution in [0.15, 0.2) is 12.1 Å². The zero-order valence-electron chi connectivity index (χ0n) is 10.6. The Hall–Kier alpha value is -1.02. The molecule has 0 saturated carbocycles. The van der Waals surface area contributed by atoms with E-state index in [1.807, 2.05) is 0 Å². The molecule has 2 heteroatoms. The first-order valence-electron chi connectivity index (χ1n) is 6.13. The molecule has 1 aliphatic rings. The Morgan fingerprint density at radius 2 is 2.00 bits per heavy atom. The number of nitrogens with one attached hydrogen (secondary N) is 1. The molecule has 0 bridgehead atoms. The molecule has 0 radical (unpaired) electrons. The van der Waals surface area contributed by atoms with Crippen LogP contribution in [0.5, 0.6) is 5.75 Å². The largest absolute Gasteiger partial charge is 0.490 e. The maximum absolute atomic E-state index is 5.90. The lowest BCUT2D eigenvalue weighted by Crippen LogP contribution is -2.31. The van der Waals surface area contributed by atoms with Crippen LogP contribution in [0.25, 0.3) is 0 Å². The third-order valence-corrected chi connectivity index (χ3v) is 3.35. The Labute approximate surface area is 98.0 Å². The summed E-state index contributed by atoms with van der Waals surface area (Å²) in [5.74, 6) is 1.06. The standard InChI is InChI=1S/C14H21NO/c1-5-15-13-8-11(4)16-14-7-10(3)9(2)6-12(13)14/h6-7,11,13,15H,5,8H2,1-4H3. The molecule has 0 amide bonds. The van der Waals surface area contributed by atoms with Gasteiger partial charge in [0.1, 0.15) is 5.75 Å². The van der Waals surface area contributed by atoms with E-state index in [-0.39, 0.29) is 0 Å². The molecule has 0 spiro atoms. The van der Waals surface area contributed by atoms with E-state index in [9.17, 15) is 0 Å². The summed E-state index contributed by atoms with van der Waals surface area (Å²) in [5, 5.41) is 3.54. The lowest BCUT2D eigenvalue weighted by molar-refractivity contribution is 0.167. The van der Waals surface area contributed by atoms with Crippen molar-refractivity contribution in [3.63, 3.8) is 0 Å². The van der Waals surface area contributed by atoms with Crippen LogP contribution in [0, 0.1) is 13.8 Å². The van der Waals surface area contributed by atoms with Crippen LogP contribution in [0.3, 0.4) is 0 Å². The number of benzene rings is 1. The van der Waals surface area contributed by atoms with Gasteiger partial charge in [-0.05, 0) is 44.5 Å². The molecule has 2 atom stereocenters. The van der Waals surface area contributed by atoms with E-state index < -0.39 is 0 Å². The molecule has 1 N–H and O–H groups in total. The van der Waals surface area contributed by atoms with Gasteiger partial charge in [0, 0.05) is 18.0 Å². The first-order valence-corrected chi connectivity index (χ1v) is 6.13. The lowest BCUT2D eigenvalue weighted by atomic mass is 9.93. The van der Waals surface area contributed by atoms with Gasteiger partial charge in [0.25, 0.3) is 0 Å². The number of aryl methyl sites for hydroxylation is 2. The van der Waals surface area contributed by atoms with Gasteiger partial charge in [0.15, 0.2) is 0 Å². The van der Waals surface area contributed by atoms with Crippen molar-refractivity contribution >= 4 is 0 Å². The van der Waals surface area contributed by atoms with Gasteiger partial charge in [0.2, 0.25) is 0 Å². The van der Waals surface area contributed by atoms with Crippen LogP contribution in [0.4, 0.5) is 0 Å². The minimum atomic E-state index is 0.304. The maximum atomic E-state index is 5.90. The molecule has 1 aromatic carbocycles. The van der Waals surface area contributed by atoms with Gasteiger partial charge in [-0.1, -0.05) is 13.0 Å². The minimum Gasteiger partial charge on any atom is -0.490 e. The van der Waals surface area contributed by atoms with Crippen molar-refractivity contribution in [2.45, 2.75) is 46.3 Å². The third-order valence-electron chi connectivity index (χ3n) is 3.35. The topological polar surface area (TPSA) is 21.3 Å². The van der Waals surface area contributed by atoms with Crippen molar-refractivity contribution < 1.29 is 4.74 Å². The number of fused-ring (bicyclic) bond motifs is 1. The van der Waals surface area contributed by atoms with E-state index in [0.717, 1.165) is 18.7 Å². The summed E-state index contributed by atoms with van der Waals surface area (Å²) in [6, 6.07) is 4.89. The highest BCUT2D eigenvalue weighted by atomic mass is 16.5. The molecule has 1 aromatic rings. The van der Waals surface area contributed by atoms with E-state index >= 15 is 0 Å². The normalized spacial score (nSPS) is 23.8. The van der Waals surface area contributed by atoms with Gasteiger partial charge in [-0.2, -0.15) is 0 Å². The highest BCUT2D eigenvalue weighted by Gasteiger charge is 2.25. The molecule has 88 valence electrons. The number of hydrogen-bond acceptors (Lipinski definition) is 2. The second-order valence-corrected chi connectivity index (χ2v) is 4.75. The van der Waals surface area contributed by atoms with Gasteiger partial charge < -0.3 is 10.1 Å². The molecular weight excluding hydrogens is 198 g/mol. The summed E-state index contributed by atoms with van der Waals surface area (Å²) in [4.78, 5) is 0. The van der Waals surface area contributed by atoms with Crippen molar-refractivity contribution in [2.75, 3.05) is 6.54 Å². The number of ether oxygens (including phenoxy) is 1. The maximum Gasteiger partial charge on any atom is 0.124 e. The first-order chi connectivity index (χ1) is 7.61. The average Bonchev–Trinajstić information content (AvgIpc) is 2.21. The van der Waals surface area contributed by atoms with Crippen LogP contribution >= 0.6 is 0 Å². The molecule has 0 saturated heterocycles. The Kier molecular flexibility index (Phi) is 3.20. The fourth-order valence-electron chi connectivity index (χ4n) is 2.35. The second kappa shape index (κ2) is 4.46. The highest BCUT2D eigenvalue weighted by molar-refractivity contribution is 5.44. The summed E-state index contributed by atoms with van der Waals surface area (Å²) in [6.45, 7) is 9.60. The molecule has 0 aliphatic carbocycles. The van der Waals surface area contributed by atoms with Gasteiger partial charge in [0.05, 0.1) is 6.10 Å². The fraction of sp³-hybridized carbons (Fsp3) is 0.571. The molecule has 2 unspecified atom stereocenters. The SMILES string of the molecule is CCNC1CC(C)Oc2cc(C)c(C)cc21. The van der Waals surface area contributed by atoms with E-state index in [2.05, 4.69) is 45.1 Å². The summed E-state index contributed by atoms with van der Waals surface area (Å²) >= 11 is 0. The first kappa shape index (κ1) is 11.5. The van der Waals surface area contributed by atoms with Crippen LogP contribution < -0.4 is 10.1 Å². The highest BCUT2D eigenvalue weighted by Crippen LogP contribution is 2.36. The summed E-state index contributed by atoms with van der Waals surface area (Å²) in [5.41, 5.74) is 3.98. The van der Waals surface area contributed by atoms with Crippen molar-refractivity contribution in [1.29, 1.82) is 0 Å². The Morgan fingerprint density at radius 1 is 1.31 bits per heavy atom. The van der Waals surface area contributed by atoms with Gasteiger partial charge in [-0.3, -0.25) is 0 Å². The van der Waals surface area contributed by atoms with Crippen LogP contribution in [-0.4, -0.2) is 12.6 Å². The van der Waals surface area contributed by atoms with Crippen molar-refractivity contribution in [1.82, 2.24) is 5.32 Å². The van der Waals surface area contributed by atoms with E-state index in [4.69, 9.17) is 4.74 Å². The molecule has 1 aliphatic heterocycles. The van der Waals surface area contributed by atoms with Gasteiger partial charge in [-0.15, -0.1) is 0 Å². The number of hydrogen-bond donors (Lipinski definition) is 1. The summed E-state index contributed by atoms with van der Waals surface area (Å²) < 4.78 is 5.90. The summed E-state index contributed by atoms with van der Waals surface area (Å²) in [6.07, 6.45) is 1.36. The molecule has 0 fully saturated rings. The smallest absolute Gasteiger partial charge is 0.124 e. The molecule has 0 aromatic heterocycles. The van der Waals surface area contributed by atoms with Crippen molar-refractivity contribution in [3.05, 3.63) is 28.8 Å². The zero-order chi connectivity index (χ0) is 11.7. The van der Waals surface area contributed by atoms with Gasteiger partial charge >= 0.3 is 0 Å². The zero-order valence-corrected chi connectivity index (χ0v) is 10.6. The molecule has 1 heterocycles. The molecule has 2 rings (SSSR count). The van der Waals surface area contributed by atoms with Crippen molar-refractivity contribution in [2.24, 2.45) is 0 Å². The predicted octanol–water partition coefficient (Wildman–Crippen LogP) is 3.13. The van der Waals surface area contributed by atoms with Crippen LogP contribution in [0.2, 0.25) is 0 Å². The minimum absolute atomic E-state index is 0.304. The van der Waals surface area contributed by atoms with E-state index in [1.165, 1.54) is 16.7 Å². The average molecular weight is 219 g/mol. The molecule has 2 nitrogen and oxygen atoms in total. The van der Waals surface area contributed by atoms with Crippen molar-refractivity contribution in [3.8, 4) is 5.75 Å². The van der Waals surface area contributed by atoms with E-state index in [0.29, 0.717) is 12.1 Å². The monoisotopic (exact) mass is 219 g/mol. The van der Waals surface area contributed by atoms with E-state index in [1.54, 1.807) is 0 Å². The van der Waals surface area contributed by atoms with Crippen LogP contribution in [0.1, 0.15) is 43.0 Å². The number of rotatable bonds is 2. The second-order valence-electron chi connectivity index (χ2n) is 4.75. The Morgan fingerprint density at radius 3 is 2.69 bits per heavy atom. The molecule has 16 heavy (non-hydrogen) atoms. The lowest BCUT2D eigenvalue weighted by Gasteiger charge is -2.31. The molecular formula is C14H21NO. The van der Waals surface area contributed by atoms with Crippen LogP contribution in [-0.2, 0) is 0 Å². The van der Waals surface area contributed by atoms with Gasteiger partial charge in [-0.25, -0.2) is 0 Å². The Balaban J connectivity index is 2.40. The quantitative estimate of drug-likeness (QED) is 0.825. The third kappa shape index (κ3) is 2.07. The fourth-order valence-corrected chi connectivity index (χ4v) is 2.35.